The van der Waals surface area contributed by atoms with Gasteiger partial charge in [0.25, 0.3) is 5.91 Å². The highest BCUT2D eigenvalue weighted by Crippen LogP contribution is 2.47. The number of ether oxygens (including phenoxy) is 1. The topological polar surface area (TPSA) is 75.7 Å². The average Bonchev–Trinajstić information content (AvgIpc) is 2.96. The molecule has 1 heterocycles. The lowest BCUT2D eigenvalue weighted by Crippen LogP contribution is -2.57. The largest absolute Gasteiger partial charge is 0.460 e. The number of thiophene rings is 1. The summed E-state index contributed by atoms with van der Waals surface area (Å²) < 4.78 is 96.0. The minimum Gasteiger partial charge on any atom is -0.459 e. The van der Waals surface area contributed by atoms with Gasteiger partial charge in [0.15, 0.2) is 0 Å². The van der Waals surface area contributed by atoms with Crippen LogP contribution < -0.4 is 5.32 Å². The van der Waals surface area contributed by atoms with E-state index in [0.29, 0.717) is 0 Å². The fourth-order valence-electron chi connectivity index (χ4n) is 2.48. The standard InChI is InChI=1S/C18H21F7N2O4S/c1-6-27(7-2)13(28)11-9(5)10(14(29)31-8(3)4)12(32-11)26-15(30)16(19,20)17(21,22)18(23,24)25/h8H,6-7H2,1-5H3,(H,26,30). The number of hydrogen-bond donors (Lipinski definition) is 1. The molecule has 0 spiro atoms. The van der Waals surface area contributed by atoms with Gasteiger partial charge in [0.1, 0.15) is 5.00 Å². The van der Waals surface area contributed by atoms with Gasteiger partial charge in [0, 0.05) is 13.1 Å². The lowest BCUT2D eigenvalue weighted by Gasteiger charge is -2.27. The maximum Gasteiger partial charge on any atom is 0.460 e. The molecule has 0 aromatic carbocycles. The van der Waals surface area contributed by atoms with E-state index in [1.165, 1.54) is 31.0 Å². The Balaban J connectivity index is 3.54. The van der Waals surface area contributed by atoms with Crippen molar-refractivity contribution < 1.29 is 49.9 Å². The van der Waals surface area contributed by atoms with Crippen LogP contribution in [0, 0.1) is 6.92 Å². The fourth-order valence-corrected chi connectivity index (χ4v) is 3.64. The van der Waals surface area contributed by atoms with Crippen molar-refractivity contribution in [3.05, 3.63) is 16.0 Å². The first kappa shape index (κ1) is 27.7. The van der Waals surface area contributed by atoms with E-state index in [0.717, 1.165) is 0 Å². The zero-order chi connectivity index (χ0) is 25.2. The molecule has 1 N–H and O–H groups in total. The van der Waals surface area contributed by atoms with Crippen LogP contribution in [-0.2, 0) is 9.53 Å². The summed E-state index contributed by atoms with van der Waals surface area (Å²) in [5.41, 5.74) is -0.711. The lowest BCUT2D eigenvalue weighted by atomic mass is 10.1. The third-order valence-corrected chi connectivity index (χ3v) is 5.40. The molecule has 0 saturated carbocycles. The van der Waals surface area contributed by atoms with E-state index in [9.17, 15) is 45.1 Å². The third kappa shape index (κ3) is 5.15. The Morgan fingerprint density at radius 3 is 1.94 bits per heavy atom. The number of rotatable bonds is 8. The van der Waals surface area contributed by atoms with Gasteiger partial charge < -0.3 is 15.0 Å². The molecule has 2 amide bonds. The average molecular weight is 494 g/mol. The van der Waals surface area contributed by atoms with Gasteiger partial charge >= 0.3 is 29.9 Å². The van der Waals surface area contributed by atoms with Gasteiger partial charge in [0.2, 0.25) is 0 Å². The third-order valence-electron chi connectivity index (χ3n) is 4.20. The van der Waals surface area contributed by atoms with E-state index in [2.05, 4.69) is 0 Å². The molecule has 0 bridgehead atoms. The van der Waals surface area contributed by atoms with Crippen molar-refractivity contribution in [1.82, 2.24) is 4.90 Å². The molecule has 0 unspecified atom stereocenters. The Morgan fingerprint density at radius 1 is 1.03 bits per heavy atom. The number of anilines is 1. The van der Waals surface area contributed by atoms with Crippen LogP contribution in [0.1, 0.15) is 53.3 Å². The summed E-state index contributed by atoms with van der Waals surface area (Å²) >= 11 is 0.288. The summed E-state index contributed by atoms with van der Waals surface area (Å²) in [4.78, 5) is 37.9. The van der Waals surface area contributed by atoms with Gasteiger partial charge in [-0.1, -0.05) is 0 Å². The second-order valence-electron chi connectivity index (χ2n) is 6.79. The molecular weight excluding hydrogens is 473 g/mol. The predicted molar refractivity (Wildman–Crippen MR) is 101 cm³/mol. The van der Waals surface area contributed by atoms with E-state index in [-0.39, 0.29) is 34.9 Å². The lowest BCUT2D eigenvalue weighted by molar-refractivity contribution is -0.343. The van der Waals surface area contributed by atoms with Crippen molar-refractivity contribution in [3.63, 3.8) is 0 Å². The second kappa shape index (κ2) is 9.63. The van der Waals surface area contributed by atoms with E-state index in [1.54, 1.807) is 13.8 Å². The number of alkyl halides is 7. The monoisotopic (exact) mass is 494 g/mol. The highest BCUT2D eigenvalue weighted by molar-refractivity contribution is 7.18. The molecule has 0 fully saturated rings. The number of hydrogen-bond acceptors (Lipinski definition) is 5. The summed E-state index contributed by atoms with van der Waals surface area (Å²) in [6.07, 6.45) is -7.45. The van der Waals surface area contributed by atoms with Gasteiger partial charge in [-0.15, -0.1) is 11.3 Å². The van der Waals surface area contributed by atoms with Crippen LogP contribution in [0.3, 0.4) is 0 Å². The van der Waals surface area contributed by atoms with Crippen molar-refractivity contribution in [2.45, 2.75) is 58.7 Å². The van der Waals surface area contributed by atoms with Crippen LogP contribution in [0.5, 0.6) is 0 Å². The molecule has 182 valence electrons. The highest BCUT2D eigenvalue weighted by atomic mass is 32.1. The highest BCUT2D eigenvalue weighted by Gasteiger charge is 2.76. The van der Waals surface area contributed by atoms with E-state index >= 15 is 0 Å². The Hall–Kier alpha value is -2.38. The Kier molecular flexibility index (Phi) is 8.32. The van der Waals surface area contributed by atoms with Crippen LogP contribution in [0.25, 0.3) is 0 Å². The van der Waals surface area contributed by atoms with Gasteiger partial charge in [-0.25, -0.2) is 4.79 Å². The summed E-state index contributed by atoms with van der Waals surface area (Å²) in [6, 6.07) is 0. The molecule has 1 aromatic heterocycles. The maximum absolute atomic E-state index is 13.8. The summed E-state index contributed by atoms with van der Waals surface area (Å²) in [7, 11) is 0. The smallest absolute Gasteiger partial charge is 0.459 e. The van der Waals surface area contributed by atoms with Crippen LogP contribution in [0.4, 0.5) is 35.7 Å². The maximum atomic E-state index is 13.8. The molecule has 0 aliphatic rings. The van der Waals surface area contributed by atoms with E-state index in [4.69, 9.17) is 4.74 Å². The Labute approximate surface area is 182 Å². The number of amides is 2. The van der Waals surface area contributed by atoms with Gasteiger partial charge in [-0.3, -0.25) is 9.59 Å². The summed E-state index contributed by atoms with van der Waals surface area (Å²) in [5, 5.41) is 0.439. The normalized spacial score (nSPS) is 12.7. The Bertz CT molecular complexity index is 877. The van der Waals surface area contributed by atoms with Crippen LogP contribution in [0.2, 0.25) is 0 Å². The molecular formula is C18H21F7N2O4S. The summed E-state index contributed by atoms with van der Waals surface area (Å²) in [6.45, 7) is 7.77. The fraction of sp³-hybridized carbons (Fsp3) is 0.611. The predicted octanol–water partition coefficient (Wildman–Crippen LogP) is 4.88. The van der Waals surface area contributed by atoms with Gasteiger partial charge in [0.05, 0.1) is 16.5 Å². The number of nitrogens with zero attached hydrogens (tertiary/aromatic N) is 1. The van der Waals surface area contributed by atoms with Gasteiger partial charge in [-0.05, 0) is 40.2 Å². The minimum atomic E-state index is -6.72. The molecule has 32 heavy (non-hydrogen) atoms. The van der Waals surface area contributed by atoms with E-state index in [1.807, 2.05) is 0 Å². The molecule has 0 aliphatic heterocycles. The molecule has 0 atom stereocenters. The van der Waals surface area contributed by atoms with Crippen molar-refractivity contribution in [2.75, 3.05) is 18.4 Å². The Morgan fingerprint density at radius 2 is 1.53 bits per heavy atom. The first-order chi connectivity index (χ1) is 14.4. The number of halogens is 7. The zero-order valence-electron chi connectivity index (χ0n) is 17.6. The number of nitrogens with one attached hydrogen (secondary N) is 1. The number of carbonyl (C=O) groups is 3. The summed E-state index contributed by atoms with van der Waals surface area (Å²) in [5.74, 6) is -17.7. The molecule has 6 nitrogen and oxygen atoms in total. The zero-order valence-corrected chi connectivity index (χ0v) is 18.4. The quantitative estimate of drug-likeness (QED) is 0.413. The number of esters is 1. The minimum absolute atomic E-state index is 0.112. The molecule has 1 rings (SSSR count). The molecule has 0 radical (unpaired) electrons. The molecule has 0 aliphatic carbocycles. The SMILES string of the molecule is CCN(CC)C(=O)c1sc(NC(=O)C(F)(F)C(F)(F)C(F)(F)F)c(C(=O)OC(C)C)c1C. The van der Waals surface area contributed by atoms with Crippen molar-refractivity contribution in [2.24, 2.45) is 0 Å². The van der Waals surface area contributed by atoms with Gasteiger partial charge in [-0.2, -0.15) is 30.7 Å². The first-order valence-corrected chi connectivity index (χ1v) is 10.0. The second-order valence-corrected chi connectivity index (χ2v) is 7.81. The molecule has 14 heteroatoms. The molecule has 0 saturated heterocycles. The number of carbonyl (C=O) groups excluding carboxylic acids is 3. The molecule has 1 aromatic rings. The van der Waals surface area contributed by atoms with Crippen molar-refractivity contribution in [3.8, 4) is 0 Å². The first-order valence-electron chi connectivity index (χ1n) is 9.21. The van der Waals surface area contributed by atoms with Crippen molar-refractivity contribution >= 4 is 34.1 Å². The van der Waals surface area contributed by atoms with E-state index < -0.39 is 52.5 Å². The van der Waals surface area contributed by atoms with Crippen LogP contribution in [0.15, 0.2) is 0 Å². The van der Waals surface area contributed by atoms with Crippen LogP contribution >= 0.6 is 11.3 Å². The van der Waals surface area contributed by atoms with Crippen LogP contribution in [-0.4, -0.2) is 59.9 Å². The van der Waals surface area contributed by atoms with Crippen molar-refractivity contribution in [1.29, 1.82) is 0 Å².